The Morgan fingerprint density at radius 3 is 2.05 bits per heavy atom. The molecule has 2 heterocycles. The lowest BCUT2D eigenvalue weighted by atomic mass is 9.38. The van der Waals surface area contributed by atoms with Crippen LogP contribution in [0.5, 0.6) is 0 Å². The van der Waals surface area contributed by atoms with Gasteiger partial charge in [-0.05, 0) is 99.7 Å². The van der Waals surface area contributed by atoms with Gasteiger partial charge in [-0.25, -0.2) is 0 Å². The quantitative estimate of drug-likeness (QED) is 0.137. The summed E-state index contributed by atoms with van der Waals surface area (Å²) in [6.07, 6.45) is -4.02. The summed E-state index contributed by atoms with van der Waals surface area (Å²) in [7, 11) is 0. The summed E-state index contributed by atoms with van der Waals surface area (Å²) in [5.74, 6) is 0.430. The van der Waals surface area contributed by atoms with Crippen molar-refractivity contribution in [2.24, 2.45) is 51.2 Å². The fourth-order valence-corrected chi connectivity index (χ4v) is 13.0. The van der Waals surface area contributed by atoms with Crippen LogP contribution in [0.3, 0.4) is 0 Å². The van der Waals surface area contributed by atoms with Crippen molar-refractivity contribution < 1.29 is 64.9 Å². The molecule has 0 aromatic rings. The molecule has 0 bridgehead atoms. The standard InChI is InChI=1S/C43H74O13/c1-21(10-14-31(40(5,6)52)56-37-35(50)32(47)22(2)26(19-44)53-37)23-16-17-41(7)28-13-11-24-25(43(28,9)29(46)18-42(23,41)8)12-15-30(39(24,3)4)55-38-36(51)34(49)33(48)27(20-45)54-38/h11,21-23,25-38,44-52H,10,12-20H2,1-9H3/t21-,22-,23?,25?,26-,27-,28?,29-,30+,31-,32+,33-,34+,35-,36-,37+,38+,41+,42-,43+/m1/s1. The minimum atomic E-state index is -1.51. The minimum Gasteiger partial charge on any atom is -0.394 e. The molecule has 5 fully saturated rings. The normalized spacial score (nSPS) is 50.3. The first-order valence-corrected chi connectivity index (χ1v) is 21.3. The van der Waals surface area contributed by atoms with Gasteiger partial charge < -0.3 is 64.9 Å². The average Bonchev–Trinajstić information content (AvgIpc) is 3.40. The van der Waals surface area contributed by atoms with Crippen molar-refractivity contribution in [3.05, 3.63) is 11.6 Å². The first kappa shape index (κ1) is 44.8. The van der Waals surface area contributed by atoms with Gasteiger partial charge in [0.25, 0.3) is 0 Å². The Labute approximate surface area is 333 Å². The zero-order chi connectivity index (χ0) is 41.5. The van der Waals surface area contributed by atoms with Gasteiger partial charge in [-0.2, -0.15) is 0 Å². The number of aliphatic hydroxyl groups is 9. The number of rotatable bonds is 11. The molecule has 2 saturated heterocycles. The zero-order valence-corrected chi connectivity index (χ0v) is 35.1. The maximum absolute atomic E-state index is 12.5. The molecule has 4 aliphatic carbocycles. The van der Waals surface area contributed by atoms with Crippen molar-refractivity contribution in [1.29, 1.82) is 0 Å². The maximum Gasteiger partial charge on any atom is 0.187 e. The van der Waals surface area contributed by atoms with E-state index in [1.165, 1.54) is 5.57 Å². The lowest BCUT2D eigenvalue weighted by Gasteiger charge is -2.67. The Balaban J connectivity index is 1.17. The average molecular weight is 799 g/mol. The van der Waals surface area contributed by atoms with Crippen molar-refractivity contribution in [2.45, 2.75) is 193 Å². The molecule has 0 amide bonds. The third-order valence-corrected chi connectivity index (χ3v) is 17.0. The molecular formula is C43H74O13. The van der Waals surface area contributed by atoms with E-state index in [-0.39, 0.29) is 46.7 Å². The van der Waals surface area contributed by atoms with Gasteiger partial charge in [-0.1, -0.05) is 60.1 Å². The van der Waals surface area contributed by atoms with E-state index in [2.05, 4.69) is 47.6 Å². The van der Waals surface area contributed by atoms with Crippen LogP contribution in [0.2, 0.25) is 0 Å². The lowest BCUT2D eigenvalue weighted by molar-refractivity contribution is -0.320. The third-order valence-electron chi connectivity index (χ3n) is 17.0. The van der Waals surface area contributed by atoms with E-state index in [0.717, 1.165) is 32.1 Å². The van der Waals surface area contributed by atoms with Crippen LogP contribution in [0.25, 0.3) is 0 Å². The third kappa shape index (κ3) is 7.18. The molecule has 13 heteroatoms. The summed E-state index contributed by atoms with van der Waals surface area (Å²) < 4.78 is 24.2. The zero-order valence-electron chi connectivity index (χ0n) is 35.1. The van der Waals surface area contributed by atoms with Gasteiger partial charge in [-0.15, -0.1) is 0 Å². The largest absolute Gasteiger partial charge is 0.394 e. The van der Waals surface area contributed by atoms with E-state index in [9.17, 15) is 46.0 Å². The molecule has 2 aliphatic heterocycles. The minimum absolute atomic E-state index is 0.0475. The van der Waals surface area contributed by atoms with Gasteiger partial charge >= 0.3 is 0 Å². The van der Waals surface area contributed by atoms with E-state index in [4.69, 9.17) is 18.9 Å². The second kappa shape index (κ2) is 15.9. The molecular weight excluding hydrogens is 724 g/mol. The molecule has 6 rings (SSSR count). The van der Waals surface area contributed by atoms with Crippen LogP contribution >= 0.6 is 0 Å². The monoisotopic (exact) mass is 799 g/mol. The number of aliphatic hydroxyl groups excluding tert-OH is 8. The SMILES string of the molecule is C[C@H]1[C@H](O)[C@@H](O)[C@H](O[C@H](CC[C@@H](C)C2CC[C@@]3(C)C4CC=C5C(CC[C@H](O[C@@H]6O[C@H](CO)[C@@H](O)[C@H](O)[C@H]6O)C5(C)C)[C@]4(C)[C@H](O)C[C@]23C)C(C)(C)O)O[C@@H]1CO. The van der Waals surface area contributed by atoms with Crippen molar-refractivity contribution >= 4 is 0 Å². The van der Waals surface area contributed by atoms with Crippen molar-refractivity contribution in [3.8, 4) is 0 Å². The summed E-state index contributed by atoms with van der Waals surface area (Å²) >= 11 is 0. The van der Waals surface area contributed by atoms with E-state index in [1.54, 1.807) is 20.8 Å². The van der Waals surface area contributed by atoms with Crippen molar-refractivity contribution in [1.82, 2.24) is 0 Å². The predicted molar refractivity (Wildman–Crippen MR) is 205 cm³/mol. The molecule has 56 heavy (non-hydrogen) atoms. The van der Waals surface area contributed by atoms with E-state index >= 15 is 0 Å². The van der Waals surface area contributed by atoms with Crippen LogP contribution in [-0.2, 0) is 18.9 Å². The van der Waals surface area contributed by atoms with Gasteiger partial charge in [-0.3, -0.25) is 0 Å². The molecule has 0 radical (unpaired) electrons. The molecule has 0 aromatic carbocycles. The number of hydrogen-bond acceptors (Lipinski definition) is 13. The molecule has 3 unspecified atom stereocenters. The Hall–Kier alpha value is -0.780. The molecule has 0 spiro atoms. The first-order valence-electron chi connectivity index (χ1n) is 21.3. The second-order valence-electron chi connectivity index (χ2n) is 20.6. The highest BCUT2D eigenvalue weighted by Gasteiger charge is 2.70. The maximum atomic E-state index is 12.5. The van der Waals surface area contributed by atoms with E-state index in [1.807, 2.05) is 0 Å². The summed E-state index contributed by atoms with van der Waals surface area (Å²) in [5.41, 5.74) is -1.07. The van der Waals surface area contributed by atoms with Crippen LogP contribution < -0.4 is 0 Å². The molecule has 324 valence electrons. The van der Waals surface area contributed by atoms with E-state index in [0.29, 0.717) is 25.2 Å². The molecule has 0 aromatic heterocycles. The topological polar surface area (TPSA) is 219 Å². The Bertz CT molecular complexity index is 1400. The van der Waals surface area contributed by atoms with Gasteiger partial charge in [0.2, 0.25) is 0 Å². The molecule has 3 saturated carbocycles. The van der Waals surface area contributed by atoms with Gasteiger partial charge in [0.05, 0.1) is 49.3 Å². The van der Waals surface area contributed by atoms with Crippen molar-refractivity contribution in [2.75, 3.05) is 13.2 Å². The lowest BCUT2D eigenvalue weighted by Crippen LogP contribution is -2.65. The Morgan fingerprint density at radius 2 is 1.43 bits per heavy atom. The second-order valence-corrected chi connectivity index (χ2v) is 20.6. The molecule has 6 aliphatic rings. The molecule has 13 nitrogen and oxygen atoms in total. The van der Waals surface area contributed by atoms with Gasteiger partial charge in [0.1, 0.15) is 30.5 Å². The summed E-state index contributed by atoms with van der Waals surface area (Å²) in [6.45, 7) is 17.9. The smallest absolute Gasteiger partial charge is 0.187 e. The number of ether oxygens (including phenoxy) is 4. The summed E-state index contributed by atoms with van der Waals surface area (Å²) in [4.78, 5) is 0. The highest BCUT2D eigenvalue weighted by atomic mass is 16.7. The molecule has 20 atom stereocenters. The first-order chi connectivity index (χ1) is 26.0. The van der Waals surface area contributed by atoms with Crippen LogP contribution in [0, 0.1) is 51.2 Å². The Morgan fingerprint density at radius 1 is 0.804 bits per heavy atom. The van der Waals surface area contributed by atoms with Crippen LogP contribution in [-0.4, -0.2) is 138 Å². The van der Waals surface area contributed by atoms with Crippen LogP contribution in [0.15, 0.2) is 11.6 Å². The van der Waals surface area contributed by atoms with Crippen LogP contribution in [0.4, 0.5) is 0 Å². The van der Waals surface area contributed by atoms with Gasteiger partial charge in [0.15, 0.2) is 12.6 Å². The number of fused-ring (bicyclic) bond motifs is 5. The summed E-state index contributed by atoms with van der Waals surface area (Å²) in [6, 6.07) is 0. The highest BCUT2D eigenvalue weighted by Crippen LogP contribution is 2.75. The highest BCUT2D eigenvalue weighted by molar-refractivity contribution is 5.32. The number of hydrogen-bond donors (Lipinski definition) is 9. The predicted octanol–water partition coefficient (Wildman–Crippen LogP) is 2.40. The fourth-order valence-electron chi connectivity index (χ4n) is 13.0. The molecule has 9 N–H and O–H groups in total. The van der Waals surface area contributed by atoms with Crippen LogP contribution in [0.1, 0.15) is 114 Å². The summed E-state index contributed by atoms with van der Waals surface area (Å²) in [5, 5.41) is 96.1. The Kier molecular flexibility index (Phi) is 12.7. The van der Waals surface area contributed by atoms with E-state index < -0.39 is 91.1 Å². The fraction of sp³-hybridized carbons (Fsp3) is 0.953. The van der Waals surface area contributed by atoms with Crippen molar-refractivity contribution in [3.63, 3.8) is 0 Å². The number of allylic oxidation sites excluding steroid dienone is 1. The van der Waals surface area contributed by atoms with Gasteiger partial charge in [0, 0.05) is 16.7 Å².